The van der Waals surface area contributed by atoms with Crippen molar-refractivity contribution in [3.63, 3.8) is 0 Å². The maximum absolute atomic E-state index is 11.8. The third-order valence-corrected chi connectivity index (χ3v) is 3.61. The molecule has 108 valence electrons. The zero-order valence-electron chi connectivity index (χ0n) is 11.5. The summed E-state index contributed by atoms with van der Waals surface area (Å²) in [5, 5.41) is 0. The average molecular weight is 282 g/mol. The maximum atomic E-state index is 11.8. The zero-order valence-corrected chi connectivity index (χ0v) is 12.4. The minimum atomic E-state index is -3.52. The molecule has 0 N–H and O–H groups in total. The van der Waals surface area contributed by atoms with E-state index >= 15 is 0 Å². The molecule has 0 amide bonds. The summed E-state index contributed by atoms with van der Waals surface area (Å²) in [5.41, 5.74) is 0. The molecule has 6 nitrogen and oxygen atoms in total. The van der Waals surface area contributed by atoms with Crippen molar-refractivity contribution in [2.45, 2.75) is 46.1 Å². The molecule has 0 heterocycles. The molecular formula is C11H23O6P. The average Bonchev–Trinajstić information content (AvgIpc) is 2.36. The van der Waals surface area contributed by atoms with Gasteiger partial charge in [0.25, 0.3) is 0 Å². The Morgan fingerprint density at radius 2 is 1.89 bits per heavy atom. The van der Waals surface area contributed by atoms with Crippen molar-refractivity contribution >= 4 is 13.8 Å². The molecule has 7 heteroatoms. The zero-order chi connectivity index (χ0) is 14.0. The van der Waals surface area contributed by atoms with Crippen LogP contribution in [0.1, 0.15) is 40.0 Å². The van der Waals surface area contributed by atoms with E-state index in [0.717, 1.165) is 6.42 Å². The first-order valence-electron chi connectivity index (χ1n) is 6.15. The van der Waals surface area contributed by atoms with Crippen molar-refractivity contribution < 1.29 is 27.7 Å². The van der Waals surface area contributed by atoms with Gasteiger partial charge in [0.15, 0.2) is 0 Å². The van der Waals surface area contributed by atoms with Crippen molar-refractivity contribution in [3.05, 3.63) is 0 Å². The van der Waals surface area contributed by atoms with Crippen LogP contribution in [0, 0.1) is 0 Å². The SMILES string of the molecule is CCCC(COP(=O)(OC)OCC)OC(=O)CC. The Balaban J connectivity index is 4.31. The fourth-order valence-electron chi connectivity index (χ4n) is 1.24. The van der Waals surface area contributed by atoms with Crippen LogP contribution < -0.4 is 0 Å². The molecule has 0 fully saturated rings. The van der Waals surface area contributed by atoms with Crippen molar-refractivity contribution in [3.8, 4) is 0 Å². The van der Waals surface area contributed by atoms with Gasteiger partial charge in [0.05, 0.1) is 13.2 Å². The Labute approximate surface area is 109 Å². The molecule has 0 saturated carbocycles. The third-order valence-electron chi connectivity index (χ3n) is 2.13. The van der Waals surface area contributed by atoms with E-state index in [4.69, 9.17) is 18.3 Å². The van der Waals surface area contributed by atoms with Crippen molar-refractivity contribution in [1.82, 2.24) is 0 Å². The molecule has 0 saturated heterocycles. The van der Waals surface area contributed by atoms with Gasteiger partial charge in [-0.25, -0.2) is 4.57 Å². The molecule has 2 unspecified atom stereocenters. The number of esters is 1. The molecule has 0 bridgehead atoms. The molecule has 2 atom stereocenters. The maximum Gasteiger partial charge on any atom is 0.474 e. The molecule has 0 aliphatic rings. The van der Waals surface area contributed by atoms with Gasteiger partial charge >= 0.3 is 13.8 Å². The number of phosphoric acid groups is 1. The van der Waals surface area contributed by atoms with Crippen LogP contribution in [0.3, 0.4) is 0 Å². The first-order chi connectivity index (χ1) is 8.51. The number of carbonyl (C=O) groups is 1. The first-order valence-corrected chi connectivity index (χ1v) is 7.61. The fourth-order valence-corrected chi connectivity index (χ4v) is 2.19. The number of carbonyl (C=O) groups excluding carboxylic acids is 1. The van der Waals surface area contributed by atoms with Gasteiger partial charge in [0, 0.05) is 13.5 Å². The normalized spacial score (nSPS) is 16.0. The Hall–Kier alpha value is -0.420. The molecule has 0 aromatic heterocycles. The number of phosphoric ester groups is 1. The van der Waals surface area contributed by atoms with Gasteiger partial charge in [-0.3, -0.25) is 18.4 Å². The summed E-state index contributed by atoms with van der Waals surface area (Å²) in [7, 11) is -2.27. The van der Waals surface area contributed by atoms with Crippen LogP contribution in [0.5, 0.6) is 0 Å². The molecule has 0 aromatic rings. The van der Waals surface area contributed by atoms with Gasteiger partial charge < -0.3 is 4.74 Å². The van der Waals surface area contributed by atoms with Crippen molar-refractivity contribution in [2.75, 3.05) is 20.3 Å². The molecular weight excluding hydrogens is 259 g/mol. The van der Waals surface area contributed by atoms with Crippen LogP contribution in [-0.2, 0) is 27.7 Å². The molecule has 0 rings (SSSR count). The van der Waals surface area contributed by atoms with Crippen LogP contribution in [0.25, 0.3) is 0 Å². The lowest BCUT2D eigenvalue weighted by Gasteiger charge is -2.20. The summed E-state index contributed by atoms with van der Waals surface area (Å²) in [4.78, 5) is 11.2. The largest absolute Gasteiger partial charge is 0.474 e. The van der Waals surface area contributed by atoms with Crippen LogP contribution in [-0.4, -0.2) is 32.4 Å². The number of hydrogen-bond acceptors (Lipinski definition) is 6. The van der Waals surface area contributed by atoms with Gasteiger partial charge in [0.2, 0.25) is 0 Å². The van der Waals surface area contributed by atoms with Gasteiger partial charge in [-0.2, -0.15) is 0 Å². The van der Waals surface area contributed by atoms with Crippen LogP contribution >= 0.6 is 7.82 Å². The minimum Gasteiger partial charge on any atom is -0.460 e. The highest BCUT2D eigenvalue weighted by Gasteiger charge is 2.26. The van der Waals surface area contributed by atoms with E-state index in [1.54, 1.807) is 13.8 Å². The summed E-state index contributed by atoms with van der Waals surface area (Å²) in [5.74, 6) is -0.305. The monoisotopic (exact) mass is 282 g/mol. The standard InChI is InChI=1S/C11H23O6P/c1-5-8-10(17-11(12)6-2)9-16-18(13,14-4)15-7-3/h10H,5-9H2,1-4H3. The van der Waals surface area contributed by atoms with E-state index in [-0.39, 0.29) is 19.2 Å². The Morgan fingerprint density at radius 1 is 1.22 bits per heavy atom. The quantitative estimate of drug-likeness (QED) is 0.453. The van der Waals surface area contributed by atoms with E-state index in [9.17, 15) is 9.36 Å². The number of rotatable bonds is 10. The van der Waals surface area contributed by atoms with Gasteiger partial charge in [-0.1, -0.05) is 20.3 Å². The van der Waals surface area contributed by atoms with E-state index in [0.29, 0.717) is 12.8 Å². The summed E-state index contributed by atoms with van der Waals surface area (Å²) in [6.45, 7) is 5.59. The molecule has 0 radical (unpaired) electrons. The highest BCUT2D eigenvalue weighted by Crippen LogP contribution is 2.48. The Bertz CT molecular complexity index is 281. The van der Waals surface area contributed by atoms with Crippen molar-refractivity contribution in [1.29, 1.82) is 0 Å². The van der Waals surface area contributed by atoms with Crippen LogP contribution in [0.15, 0.2) is 0 Å². The predicted octanol–water partition coefficient (Wildman–Crippen LogP) is 2.92. The lowest BCUT2D eigenvalue weighted by molar-refractivity contribution is -0.150. The van der Waals surface area contributed by atoms with E-state index in [2.05, 4.69) is 0 Å². The molecule has 0 aliphatic heterocycles. The van der Waals surface area contributed by atoms with E-state index in [1.165, 1.54) is 7.11 Å². The summed E-state index contributed by atoms with van der Waals surface area (Å²) in [6.07, 6.45) is 1.35. The minimum absolute atomic E-state index is 0.00466. The van der Waals surface area contributed by atoms with Crippen LogP contribution in [0.4, 0.5) is 0 Å². The van der Waals surface area contributed by atoms with E-state index < -0.39 is 13.9 Å². The summed E-state index contributed by atoms with van der Waals surface area (Å²) < 4.78 is 31.7. The smallest absolute Gasteiger partial charge is 0.460 e. The summed E-state index contributed by atoms with van der Waals surface area (Å²) >= 11 is 0. The van der Waals surface area contributed by atoms with Crippen LogP contribution in [0.2, 0.25) is 0 Å². The molecule has 18 heavy (non-hydrogen) atoms. The second-order valence-electron chi connectivity index (χ2n) is 3.60. The highest BCUT2D eigenvalue weighted by molar-refractivity contribution is 7.48. The second kappa shape index (κ2) is 9.50. The number of ether oxygens (including phenoxy) is 1. The Kier molecular flexibility index (Phi) is 9.28. The molecule has 0 aliphatic carbocycles. The topological polar surface area (TPSA) is 71.1 Å². The Morgan fingerprint density at radius 3 is 2.33 bits per heavy atom. The fraction of sp³-hybridized carbons (Fsp3) is 0.909. The van der Waals surface area contributed by atoms with Gasteiger partial charge in [-0.15, -0.1) is 0 Å². The second-order valence-corrected chi connectivity index (χ2v) is 5.37. The molecule has 0 spiro atoms. The summed E-state index contributed by atoms with van der Waals surface area (Å²) in [6, 6.07) is 0. The van der Waals surface area contributed by atoms with Crippen molar-refractivity contribution in [2.24, 2.45) is 0 Å². The van der Waals surface area contributed by atoms with Gasteiger partial charge in [-0.05, 0) is 13.3 Å². The number of hydrogen-bond donors (Lipinski definition) is 0. The third kappa shape index (κ3) is 7.11. The highest BCUT2D eigenvalue weighted by atomic mass is 31.2. The first kappa shape index (κ1) is 17.6. The lowest BCUT2D eigenvalue weighted by Crippen LogP contribution is -2.23. The van der Waals surface area contributed by atoms with Gasteiger partial charge in [0.1, 0.15) is 6.10 Å². The predicted molar refractivity (Wildman–Crippen MR) is 67.3 cm³/mol. The molecule has 0 aromatic carbocycles. The lowest BCUT2D eigenvalue weighted by atomic mass is 10.2. The van der Waals surface area contributed by atoms with E-state index in [1.807, 2.05) is 6.92 Å².